The van der Waals surface area contributed by atoms with Crippen molar-refractivity contribution in [3.05, 3.63) is 53.1 Å². The van der Waals surface area contributed by atoms with Crippen LogP contribution in [0.3, 0.4) is 0 Å². The van der Waals surface area contributed by atoms with Crippen LogP contribution in [0, 0.1) is 0 Å². The van der Waals surface area contributed by atoms with E-state index < -0.39 is 0 Å². The summed E-state index contributed by atoms with van der Waals surface area (Å²) in [5.41, 5.74) is 4.46. The van der Waals surface area contributed by atoms with Gasteiger partial charge in [-0.25, -0.2) is 0 Å². The molecule has 0 atom stereocenters. The summed E-state index contributed by atoms with van der Waals surface area (Å²) in [5.74, 6) is 1.32. The van der Waals surface area contributed by atoms with Crippen LogP contribution in [-0.2, 0) is 24.1 Å². The highest BCUT2D eigenvalue weighted by molar-refractivity contribution is 5.92. The Labute approximate surface area is 136 Å². The predicted octanol–water partition coefficient (Wildman–Crippen LogP) is 3.37. The number of hydrogen-bond acceptors (Lipinski definition) is 3. The predicted molar refractivity (Wildman–Crippen MR) is 90.3 cm³/mol. The summed E-state index contributed by atoms with van der Waals surface area (Å²) in [7, 11) is 3.20. The van der Waals surface area contributed by atoms with Crippen molar-refractivity contribution in [2.45, 2.75) is 25.7 Å². The number of carbonyl (C=O) groups is 1. The summed E-state index contributed by atoms with van der Waals surface area (Å²) in [4.78, 5) is 12.3. The van der Waals surface area contributed by atoms with Gasteiger partial charge in [0.2, 0.25) is 5.91 Å². The normalized spacial score (nSPS) is 12.6. The molecule has 1 N–H and O–H groups in total. The number of aryl methyl sites for hydroxylation is 2. The molecule has 1 aliphatic rings. The van der Waals surface area contributed by atoms with E-state index >= 15 is 0 Å². The lowest BCUT2D eigenvalue weighted by molar-refractivity contribution is -0.115. The molecule has 0 unspecified atom stereocenters. The van der Waals surface area contributed by atoms with Gasteiger partial charge in [0.15, 0.2) is 0 Å². The van der Waals surface area contributed by atoms with Crippen LogP contribution in [0.15, 0.2) is 36.4 Å². The molecule has 0 saturated heterocycles. The van der Waals surface area contributed by atoms with Crippen molar-refractivity contribution >= 4 is 11.6 Å². The lowest BCUT2D eigenvalue weighted by atomic mass is 10.1. The van der Waals surface area contributed by atoms with Crippen molar-refractivity contribution in [3.63, 3.8) is 0 Å². The number of ether oxygens (including phenoxy) is 2. The van der Waals surface area contributed by atoms with Gasteiger partial charge in [-0.2, -0.15) is 0 Å². The molecule has 2 aromatic carbocycles. The first kappa shape index (κ1) is 15.4. The number of hydrogen-bond donors (Lipinski definition) is 1. The van der Waals surface area contributed by atoms with Crippen molar-refractivity contribution in [2.75, 3.05) is 19.5 Å². The maximum atomic E-state index is 12.3. The average molecular weight is 311 g/mol. The Morgan fingerprint density at radius 2 is 1.87 bits per heavy atom. The third kappa shape index (κ3) is 3.47. The molecule has 3 rings (SSSR count). The van der Waals surface area contributed by atoms with Gasteiger partial charge in [-0.15, -0.1) is 0 Å². The fourth-order valence-electron chi connectivity index (χ4n) is 3.03. The van der Waals surface area contributed by atoms with Crippen LogP contribution in [0.1, 0.15) is 23.1 Å². The fraction of sp³-hybridized carbons (Fsp3) is 0.316. The van der Waals surface area contributed by atoms with E-state index in [2.05, 4.69) is 17.4 Å². The Hall–Kier alpha value is -2.49. The van der Waals surface area contributed by atoms with Crippen molar-refractivity contribution in [1.82, 2.24) is 0 Å². The summed E-state index contributed by atoms with van der Waals surface area (Å²) < 4.78 is 10.5. The maximum Gasteiger partial charge on any atom is 0.228 e. The van der Waals surface area contributed by atoms with Gasteiger partial charge in [0, 0.05) is 17.3 Å². The summed E-state index contributed by atoms with van der Waals surface area (Å²) >= 11 is 0. The summed E-state index contributed by atoms with van der Waals surface area (Å²) in [5, 5.41) is 2.97. The van der Waals surface area contributed by atoms with E-state index in [1.807, 2.05) is 18.2 Å². The first-order valence-electron chi connectivity index (χ1n) is 7.82. The summed E-state index contributed by atoms with van der Waals surface area (Å²) in [6, 6.07) is 11.7. The van der Waals surface area contributed by atoms with E-state index in [4.69, 9.17) is 9.47 Å². The van der Waals surface area contributed by atoms with Gasteiger partial charge in [0.1, 0.15) is 11.5 Å². The molecule has 4 nitrogen and oxygen atoms in total. The van der Waals surface area contributed by atoms with Gasteiger partial charge in [0.05, 0.1) is 20.6 Å². The third-order valence-electron chi connectivity index (χ3n) is 4.23. The minimum atomic E-state index is -0.0496. The van der Waals surface area contributed by atoms with Gasteiger partial charge >= 0.3 is 0 Å². The second kappa shape index (κ2) is 6.73. The number of nitrogens with one attached hydrogen (secondary N) is 1. The molecule has 0 fully saturated rings. The van der Waals surface area contributed by atoms with Gasteiger partial charge in [-0.3, -0.25) is 4.79 Å². The zero-order valence-corrected chi connectivity index (χ0v) is 13.5. The van der Waals surface area contributed by atoms with Gasteiger partial charge in [0.25, 0.3) is 0 Å². The molecule has 0 aliphatic heterocycles. The van der Waals surface area contributed by atoms with Crippen molar-refractivity contribution < 1.29 is 14.3 Å². The molecule has 0 aromatic heterocycles. The van der Waals surface area contributed by atoms with E-state index in [0.717, 1.165) is 24.1 Å². The molecule has 2 aromatic rings. The zero-order valence-electron chi connectivity index (χ0n) is 13.5. The van der Waals surface area contributed by atoms with E-state index in [1.165, 1.54) is 17.5 Å². The fourth-order valence-corrected chi connectivity index (χ4v) is 3.03. The summed E-state index contributed by atoms with van der Waals surface area (Å²) in [6.07, 6.45) is 3.72. The first-order valence-corrected chi connectivity index (χ1v) is 7.82. The molecule has 120 valence electrons. The lowest BCUT2D eigenvalue weighted by Crippen LogP contribution is -2.15. The molecular formula is C19H21NO3. The Morgan fingerprint density at radius 1 is 1.04 bits per heavy atom. The number of fused-ring (bicyclic) bond motifs is 1. The molecule has 4 heteroatoms. The van der Waals surface area contributed by atoms with E-state index in [0.29, 0.717) is 11.5 Å². The number of methoxy groups -OCH3 is 2. The van der Waals surface area contributed by atoms with Crippen LogP contribution < -0.4 is 14.8 Å². The Morgan fingerprint density at radius 3 is 2.65 bits per heavy atom. The van der Waals surface area contributed by atoms with Crippen LogP contribution in [0.2, 0.25) is 0 Å². The standard InChI is InChI=1S/C19H21NO3/c1-22-17-9-7-15(18(12-17)23-2)11-19(21)20-16-8-6-13-4-3-5-14(13)10-16/h6-10,12H,3-5,11H2,1-2H3,(H,20,21). The molecule has 1 aliphatic carbocycles. The van der Waals surface area contributed by atoms with Crippen molar-refractivity contribution in [3.8, 4) is 11.5 Å². The Kier molecular flexibility index (Phi) is 4.51. The highest BCUT2D eigenvalue weighted by Gasteiger charge is 2.13. The van der Waals surface area contributed by atoms with Crippen LogP contribution in [0.5, 0.6) is 11.5 Å². The second-order valence-electron chi connectivity index (χ2n) is 5.74. The lowest BCUT2D eigenvalue weighted by Gasteiger charge is -2.11. The SMILES string of the molecule is COc1ccc(CC(=O)Nc2ccc3c(c2)CCC3)c(OC)c1. The number of amides is 1. The van der Waals surface area contributed by atoms with Gasteiger partial charge in [-0.05, 0) is 48.6 Å². The second-order valence-corrected chi connectivity index (χ2v) is 5.74. The molecule has 0 spiro atoms. The zero-order chi connectivity index (χ0) is 16.2. The van der Waals surface area contributed by atoms with Gasteiger partial charge < -0.3 is 14.8 Å². The summed E-state index contributed by atoms with van der Waals surface area (Å²) in [6.45, 7) is 0. The third-order valence-corrected chi connectivity index (χ3v) is 4.23. The van der Waals surface area contributed by atoms with E-state index in [1.54, 1.807) is 20.3 Å². The molecular weight excluding hydrogens is 290 g/mol. The van der Waals surface area contributed by atoms with E-state index in [9.17, 15) is 4.79 Å². The molecule has 0 heterocycles. The van der Waals surface area contributed by atoms with Crippen LogP contribution >= 0.6 is 0 Å². The number of anilines is 1. The van der Waals surface area contributed by atoms with Crippen molar-refractivity contribution in [1.29, 1.82) is 0 Å². The highest BCUT2D eigenvalue weighted by atomic mass is 16.5. The number of benzene rings is 2. The molecule has 23 heavy (non-hydrogen) atoms. The van der Waals surface area contributed by atoms with Crippen LogP contribution in [0.25, 0.3) is 0 Å². The minimum absolute atomic E-state index is 0.0496. The van der Waals surface area contributed by atoms with Crippen LogP contribution in [0.4, 0.5) is 5.69 Å². The quantitative estimate of drug-likeness (QED) is 0.921. The Bertz CT molecular complexity index is 725. The Balaban J connectivity index is 1.70. The van der Waals surface area contributed by atoms with Gasteiger partial charge in [-0.1, -0.05) is 12.1 Å². The number of carbonyl (C=O) groups excluding carboxylic acids is 1. The molecule has 0 radical (unpaired) electrons. The number of rotatable bonds is 5. The van der Waals surface area contributed by atoms with Crippen molar-refractivity contribution in [2.24, 2.45) is 0 Å². The molecule has 1 amide bonds. The average Bonchev–Trinajstić information content (AvgIpc) is 3.02. The minimum Gasteiger partial charge on any atom is -0.497 e. The monoisotopic (exact) mass is 311 g/mol. The van der Waals surface area contributed by atoms with Crippen LogP contribution in [-0.4, -0.2) is 20.1 Å². The topological polar surface area (TPSA) is 47.6 Å². The first-order chi connectivity index (χ1) is 11.2. The van der Waals surface area contributed by atoms with E-state index in [-0.39, 0.29) is 12.3 Å². The molecule has 0 saturated carbocycles. The maximum absolute atomic E-state index is 12.3. The molecule has 0 bridgehead atoms. The smallest absolute Gasteiger partial charge is 0.228 e. The largest absolute Gasteiger partial charge is 0.497 e. The highest BCUT2D eigenvalue weighted by Crippen LogP contribution is 2.27.